The van der Waals surface area contributed by atoms with Gasteiger partial charge in [-0.15, -0.1) is 0 Å². The first kappa shape index (κ1) is 13.9. The van der Waals surface area contributed by atoms with Gasteiger partial charge in [0.25, 0.3) is 5.88 Å². The quantitative estimate of drug-likeness (QED) is 0.744. The first-order valence-corrected chi connectivity index (χ1v) is 6.14. The van der Waals surface area contributed by atoms with Crippen molar-refractivity contribution in [3.8, 4) is 5.88 Å². The normalized spacial score (nSPS) is 10.9. The molecule has 0 amide bonds. The van der Waals surface area contributed by atoms with Gasteiger partial charge >= 0.3 is 0 Å². The molecule has 1 aromatic rings. The van der Waals surface area contributed by atoms with Crippen molar-refractivity contribution in [2.45, 2.75) is 46.2 Å². The summed E-state index contributed by atoms with van der Waals surface area (Å²) in [6, 6.07) is 2.00. The van der Waals surface area contributed by atoms with Gasteiger partial charge in [-0.2, -0.15) is 0 Å². The van der Waals surface area contributed by atoms with Crippen molar-refractivity contribution in [1.29, 1.82) is 0 Å². The summed E-state index contributed by atoms with van der Waals surface area (Å²) in [5.74, 6) is -0.238. The summed E-state index contributed by atoms with van der Waals surface area (Å²) in [5.41, 5.74) is 0.597. The number of aromatic nitrogens is 1. The number of nitrogens with one attached hydrogen (secondary N) is 1. The van der Waals surface area contributed by atoms with Crippen LogP contribution in [0.1, 0.15) is 39.2 Å². The van der Waals surface area contributed by atoms with Crippen molar-refractivity contribution in [2.75, 3.05) is 6.61 Å². The number of ether oxygens (including phenoxy) is 1. The first-order valence-electron chi connectivity index (χ1n) is 6.14. The first-order chi connectivity index (χ1) is 8.15. The fraction of sp³-hybridized carbons (Fsp3) is 0.615. The van der Waals surface area contributed by atoms with Crippen LogP contribution in [0.15, 0.2) is 12.3 Å². The molecule has 0 radical (unpaired) electrons. The highest BCUT2D eigenvalue weighted by Crippen LogP contribution is 2.17. The summed E-state index contributed by atoms with van der Waals surface area (Å²) in [7, 11) is 0. The van der Waals surface area contributed by atoms with Crippen molar-refractivity contribution in [1.82, 2.24) is 10.3 Å². The van der Waals surface area contributed by atoms with Crippen LogP contribution in [-0.4, -0.2) is 17.6 Å². The second-order valence-corrected chi connectivity index (χ2v) is 4.33. The van der Waals surface area contributed by atoms with Crippen molar-refractivity contribution in [2.24, 2.45) is 0 Å². The Labute approximate surface area is 102 Å². The van der Waals surface area contributed by atoms with E-state index >= 15 is 0 Å². The second-order valence-electron chi connectivity index (χ2n) is 4.33. The van der Waals surface area contributed by atoms with E-state index in [0.29, 0.717) is 24.8 Å². The molecule has 0 atom stereocenters. The van der Waals surface area contributed by atoms with Crippen LogP contribution in [0.2, 0.25) is 0 Å². The average molecular weight is 240 g/mol. The van der Waals surface area contributed by atoms with E-state index in [4.69, 9.17) is 4.74 Å². The maximum absolute atomic E-state index is 13.9. The van der Waals surface area contributed by atoms with Gasteiger partial charge < -0.3 is 10.1 Å². The molecule has 96 valence electrons. The standard InChI is InChI=1S/C13H21FN2O/c1-4-5-8-17-13-12(14)11(6-7-15-13)9-16-10(2)3/h6-7,10,16H,4-5,8-9H2,1-3H3. The minimum atomic E-state index is -0.350. The third-order valence-electron chi connectivity index (χ3n) is 2.37. The summed E-state index contributed by atoms with van der Waals surface area (Å²) >= 11 is 0. The second kappa shape index (κ2) is 7.22. The van der Waals surface area contributed by atoms with Crippen LogP contribution in [0.4, 0.5) is 4.39 Å². The van der Waals surface area contributed by atoms with E-state index in [2.05, 4.69) is 17.2 Å². The molecular weight excluding hydrogens is 219 g/mol. The lowest BCUT2D eigenvalue weighted by Crippen LogP contribution is -2.22. The van der Waals surface area contributed by atoms with E-state index in [0.717, 1.165) is 12.8 Å². The Hall–Kier alpha value is -1.16. The molecule has 0 aliphatic heterocycles. The Kier molecular flexibility index (Phi) is 5.91. The summed E-state index contributed by atoms with van der Waals surface area (Å²) in [4.78, 5) is 3.91. The van der Waals surface area contributed by atoms with Gasteiger partial charge in [-0.3, -0.25) is 0 Å². The van der Waals surface area contributed by atoms with E-state index in [-0.39, 0.29) is 11.7 Å². The molecule has 0 bridgehead atoms. The maximum atomic E-state index is 13.9. The molecular formula is C13H21FN2O. The van der Waals surface area contributed by atoms with Crippen LogP contribution in [0.3, 0.4) is 0 Å². The number of rotatable bonds is 7. The van der Waals surface area contributed by atoms with Crippen LogP contribution in [0.5, 0.6) is 5.88 Å². The maximum Gasteiger partial charge on any atom is 0.250 e. The van der Waals surface area contributed by atoms with Crippen molar-refractivity contribution >= 4 is 0 Å². The van der Waals surface area contributed by atoms with E-state index in [1.165, 1.54) is 0 Å². The highest BCUT2D eigenvalue weighted by Gasteiger charge is 2.10. The number of pyridine rings is 1. The Balaban J connectivity index is 2.63. The number of halogens is 1. The summed E-state index contributed by atoms with van der Waals surface area (Å²) < 4.78 is 19.2. The van der Waals surface area contributed by atoms with Gasteiger partial charge in [0.15, 0.2) is 5.82 Å². The zero-order valence-corrected chi connectivity index (χ0v) is 10.8. The number of nitrogens with zero attached hydrogens (tertiary/aromatic N) is 1. The molecule has 4 heteroatoms. The minimum Gasteiger partial charge on any atom is -0.476 e. The highest BCUT2D eigenvalue weighted by atomic mass is 19.1. The number of unbranched alkanes of at least 4 members (excludes halogenated alkanes) is 1. The van der Waals surface area contributed by atoms with Crippen LogP contribution in [0, 0.1) is 5.82 Å². The van der Waals surface area contributed by atoms with Crippen molar-refractivity contribution in [3.63, 3.8) is 0 Å². The van der Waals surface area contributed by atoms with Crippen molar-refractivity contribution < 1.29 is 9.13 Å². The van der Waals surface area contributed by atoms with Crippen LogP contribution in [-0.2, 0) is 6.54 Å². The molecule has 0 aliphatic rings. The number of hydrogen-bond acceptors (Lipinski definition) is 3. The van der Waals surface area contributed by atoms with Crippen LogP contribution < -0.4 is 10.1 Å². The molecule has 0 saturated heterocycles. The van der Waals surface area contributed by atoms with Gasteiger partial charge in [-0.05, 0) is 12.5 Å². The monoisotopic (exact) mass is 240 g/mol. The average Bonchev–Trinajstić information content (AvgIpc) is 2.30. The van der Waals surface area contributed by atoms with Crippen LogP contribution in [0.25, 0.3) is 0 Å². The Morgan fingerprint density at radius 1 is 1.47 bits per heavy atom. The number of hydrogen-bond donors (Lipinski definition) is 1. The SMILES string of the molecule is CCCCOc1nccc(CNC(C)C)c1F. The molecule has 0 spiro atoms. The highest BCUT2D eigenvalue weighted by molar-refractivity contribution is 5.23. The lowest BCUT2D eigenvalue weighted by atomic mass is 10.2. The molecule has 17 heavy (non-hydrogen) atoms. The van der Waals surface area contributed by atoms with E-state index < -0.39 is 0 Å². The van der Waals surface area contributed by atoms with Gasteiger partial charge in [0.05, 0.1) is 6.61 Å². The molecule has 0 fully saturated rings. The Morgan fingerprint density at radius 3 is 2.88 bits per heavy atom. The molecule has 0 saturated carbocycles. The molecule has 0 aromatic carbocycles. The largest absolute Gasteiger partial charge is 0.476 e. The smallest absolute Gasteiger partial charge is 0.250 e. The molecule has 0 unspecified atom stereocenters. The molecule has 1 aromatic heterocycles. The van der Waals surface area contributed by atoms with E-state index in [9.17, 15) is 4.39 Å². The fourth-order valence-corrected chi connectivity index (χ4v) is 1.33. The molecule has 3 nitrogen and oxygen atoms in total. The van der Waals surface area contributed by atoms with Gasteiger partial charge in [0.1, 0.15) is 0 Å². The summed E-state index contributed by atoms with van der Waals surface area (Å²) in [6.07, 6.45) is 3.52. The predicted octanol–water partition coefficient (Wildman–Crippen LogP) is 2.90. The third-order valence-corrected chi connectivity index (χ3v) is 2.37. The Bertz CT molecular complexity index is 342. The van der Waals surface area contributed by atoms with Crippen LogP contribution >= 0.6 is 0 Å². The summed E-state index contributed by atoms with van der Waals surface area (Å²) in [6.45, 7) is 7.13. The van der Waals surface area contributed by atoms with Crippen molar-refractivity contribution in [3.05, 3.63) is 23.6 Å². The molecule has 1 rings (SSSR count). The molecule has 1 heterocycles. The minimum absolute atomic E-state index is 0.113. The van der Waals surface area contributed by atoms with E-state index in [1.54, 1.807) is 12.3 Å². The Morgan fingerprint density at radius 2 is 2.24 bits per heavy atom. The fourth-order valence-electron chi connectivity index (χ4n) is 1.33. The van der Waals surface area contributed by atoms with Gasteiger partial charge in [-0.25, -0.2) is 9.37 Å². The molecule has 0 aliphatic carbocycles. The lowest BCUT2D eigenvalue weighted by Gasteiger charge is -2.11. The predicted molar refractivity (Wildman–Crippen MR) is 66.6 cm³/mol. The topological polar surface area (TPSA) is 34.1 Å². The molecule has 1 N–H and O–H groups in total. The van der Waals surface area contributed by atoms with Gasteiger partial charge in [-0.1, -0.05) is 27.2 Å². The van der Waals surface area contributed by atoms with Gasteiger partial charge in [0, 0.05) is 24.3 Å². The van der Waals surface area contributed by atoms with Gasteiger partial charge in [0.2, 0.25) is 0 Å². The third kappa shape index (κ3) is 4.69. The summed E-state index contributed by atoms with van der Waals surface area (Å²) in [5, 5.41) is 3.17. The lowest BCUT2D eigenvalue weighted by molar-refractivity contribution is 0.280. The van der Waals surface area contributed by atoms with E-state index in [1.807, 2.05) is 13.8 Å². The zero-order chi connectivity index (χ0) is 12.7. The zero-order valence-electron chi connectivity index (χ0n) is 10.8.